The van der Waals surface area contributed by atoms with Gasteiger partial charge in [0.15, 0.2) is 0 Å². The van der Waals surface area contributed by atoms with E-state index in [0.29, 0.717) is 6.42 Å². The lowest BCUT2D eigenvalue weighted by molar-refractivity contribution is -0.146. The molecule has 0 saturated heterocycles. The van der Waals surface area contributed by atoms with Crippen molar-refractivity contribution in [2.75, 3.05) is 5.32 Å². The molecule has 1 aromatic rings. The average Bonchev–Trinajstić information content (AvgIpc) is 2.34. The van der Waals surface area contributed by atoms with E-state index in [1.54, 1.807) is 18.2 Å². The van der Waals surface area contributed by atoms with Gasteiger partial charge in [-0.25, -0.2) is 9.18 Å². The maximum atomic E-state index is 13.8. The number of benzene rings is 1. The van der Waals surface area contributed by atoms with E-state index < -0.39 is 17.3 Å². The van der Waals surface area contributed by atoms with Crippen molar-refractivity contribution in [1.82, 2.24) is 0 Å². The zero-order valence-electron chi connectivity index (χ0n) is 12.2. The zero-order chi connectivity index (χ0) is 15.0. The molecule has 1 fully saturated rings. The number of aliphatic carboxylic acids is 1. The van der Waals surface area contributed by atoms with Crippen molar-refractivity contribution in [3.05, 3.63) is 30.1 Å². The number of halogens is 1. The molecule has 2 unspecified atom stereocenters. The van der Waals surface area contributed by atoms with E-state index in [1.165, 1.54) is 6.07 Å². The summed E-state index contributed by atoms with van der Waals surface area (Å²) in [6, 6.07) is 6.24. The van der Waals surface area contributed by atoms with Crippen LogP contribution in [0, 0.1) is 17.2 Å². The number of hydrogen-bond acceptors (Lipinski definition) is 2. The van der Waals surface area contributed by atoms with Crippen LogP contribution >= 0.6 is 0 Å². The van der Waals surface area contributed by atoms with Crippen molar-refractivity contribution >= 4 is 11.7 Å². The number of carboxylic acid groups (broad SMARTS) is 1. The van der Waals surface area contributed by atoms with Gasteiger partial charge in [-0.3, -0.25) is 0 Å². The van der Waals surface area contributed by atoms with Gasteiger partial charge in [0, 0.05) is 0 Å². The molecule has 1 aliphatic rings. The van der Waals surface area contributed by atoms with Crippen LogP contribution in [0.4, 0.5) is 10.1 Å². The molecule has 2 rings (SSSR count). The molecule has 20 heavy (non-hydrogen) atoms. The molecule has 1 aromatic carbocycles. The quantitative estimate of drug-likeness (QED) is 0.882. The van der Waals surface area contributed by atoms with Crippen molar-refractivity contribution in [3.8, 4) is 0 Å². The smallest absolute Gasteiger partial charge is 0.329 e. The predicted octanol–water partition coefficient (Wildman–Crippen LogP) is 3.91. The Bertz CT molecular complexity index is 515. The Hall–Kier alpha value is -1.58. The number of anilines is 1. The molecule has 0 aromatic heterocycles. The molecular formula is C16H22FNO2. The highest BCUT2D eigenvalue weighted by molar-refractivity contribution is 5.83. The number of hydrogen-bond donors (Lipinski definition) is 2. The summed E-state index contributed by atoms with van der Waals surface area (Å²) in [5, 5.41) is 12.7. The van der Waals surface area contributed by atoms with Gasteiger partial charge in [0.25, 0.3) is 0 Å². The normalized spacial score (nSPS) is 28.9. The molecule has 3 nitrogen and oxygen atoms in total. The Morgan fingerprint density at radius 3 is 2.55 bits per heavy atom. The first-order valence-electron chi connectivity index (χ1n) is 7.03. The number of carboxylic acids is 1. The molecule has 110 valence electrons. The molecule has 0 radical (unpaired) electrons. The predicted molar refractivity (Wildman–Crippen MR) is 77.2 cm³/mol. The minimum absolute atomic E-state index is 0.0663. The Labute approximate surface area is 119 Å². The Kier molecular flexibility index (Phi) is 3.76. The Balaban J connectivity index is 2.32. The second kappa shape index (κ2) is 5.08. The number of nitrogens with one attached hydrogen (secondary N) is 1. The van der Waals surface area contributed by atoms with Gasteiger partial charge in [0.05, 0.1) is 5.69 Å². The fraction of sp³-hybridized carbons (Fsp3) is 0.562. The largest absolute Gasteiger partial charge is 0.479 e. The van der Waals surface area contributed by atoms with Crippen LogP contribution in [0.5, 0.6) is 0 Å². The molecule has 0 aliphatic heterocycles. The summed E-state index contributed by atoms with van der Waals surface area (Å²) in [7, 11) is 0. The van der Waals surface area contributed by atoms with Crippen LogP contribution in [0.1, 0.15) is 40.0 Å². The number of rotatable bonds is 3. The zero-order valence-corrected chi connectivity index (χ0v) is 12.2. The van der Waals surface area contributed by atoms with E-state index in [4.69, 9.17) is 0 Å². The highest BCUT2D eigenvalue weighted by Crippen LogP contribution is 2.45. The van der Waals surface area contributed by atoms with Crippen molar-refractivity contribution in [2.45, 2.75) is 45.6 Å². The van der Waals surface area contributed by atoms with Gasteiger partial charge in [-0.1, -0.05) is 32.9 Å². The van der Waals surface area contributed by atoms with Crippen LogP contribution in [0.3, 0.4) is 0 Å². The van der Waals surface area contributed by atoms with Crippen LogP contribution in [-0.4, -0.2) is 16.6 Å². The molecule has 1 saturated carbocycles. The highest BCUT2D eigenvalue weighted by Gasteiger charge is 2.49. The first kappa shape index (κ1) is 14.8. The van der Waals surface area contributed by atoms with E-state index in [2.05, 4.69) is 19.2 Å². The summed E-state index contributed by atoms with van der Waals surface area (Å²) >= 11 is 0. The van der Waals surface area contributed by atoms with Crippen LogP contribution < -0.4 is 5.32 Å². The lowest BCUT2D eigenvalue weighted by atomic mass is 9.63. The summed E-state index contributed by atoms with van der Waals surface area (Å²) in [5.74, 6) is -1.38. The minimum Gasteiger partial charge on any atom is -0.479 e. The lowest BCUT2D eigenvalue weighted by Gasteiger charge is -2.46. The molecule has 2 atom stereocenters. The van der Waals surface area contributed by atoms with Crippen molar-refractivity contribution in [1.29, 1.82) is 0 Å². The van der Waals surface area contributed by atoms with Gasteiger partial charge in [-0.2, -0.15) is 0 Å². The van der Waals surface area contributed by atoms with Gasteiger partial charge in [-0.15, -0.1) is 0 Å². The highest BCUT2D eigenvalue weighted by atomic mass is 19.1. The molecule has 1 aliphatic carbocycles. The third kappa shape index (κ3) is 2.65. The first-order chi connectivity index (χ1) is 9.27. The second-order valence-corrected chi connectivity index (χ2v) is 6.65. The Morgan fingerprint density at radius 2 is 2.00 bits per heavy atom. The Morgan fingerprint density at radius 1 is 1.35 bits per heavy atom. The van der Waals surface area contributed by atoms with Gasteiger partial charge in [0.2, 0.25) is 0 Å². The molecule has 0 heterocycles. The molecule has 2 N–H and O–H groups in total. The maximum Gasteiger partial charge on any atom is 0.329 e. The SMILES string of the molecule is CC1CC(C)(C)CCC1(Nc1ccccc1F)C(=O)O. The second-order valence-electron chi connectivity index (χ2n) is 6.65. The fourth-order valence-corrected chi connectivity index (χ4v) is 3.25. The fourth-order valence-electron chi connectivity index (χ4n) is 3.25. The molecule has 4 heteroatoms. The van der Waals surface area contributed by atoms with E-state index >= 15 is 0 Å². The lowest BCUT2D eigenvalue weighted by Crippen LogP contribution is -2.55. The maximum absolute atomic E-state index is 13.8. The average molecular weight is 279 g/mol. The van der Waals surface area contributed by atoms with Crippen LogP contribution in [0.15, 0.2) is 24.3 Å². The molecular weight excluding hydrogens is 257 g/mol. The molecule has 0 amide bonds. The standard InChI is InChI=1S/C16H22FNO2/c1-11-10-15(2,3)8-9-16(11,14(19)20)18-13-7-5-4-6-12(13)17/h4-7,11,18H,8-10H2,1-3H3,(H,19,20). The van der Waals surface area contributed by atoms with E-state index in [0.717, 1.165) is 12.8 Å². The summed E-state index contributed by atoms with van der Waals surface area (Å²) in [6.07, 6.45) is 2.12. The van der Waals surface area contributed by atoms with Gasteiger partial charge in [-0.05, 0) is 42.7 Å². The third-order valence-corrected chi connectivity index (χ3v) is 4.51. The van der Waals surface area contributed by atoms with Crippen LogP contribution in [-0.2, 0) is 4.79 Å². The third-order valence-electron chi connectivity index (χ3n) is 4.51. The van der Waals surface area contributed by atoms with Gasteiger partial charge in [0.1, 0.15) is 11.4 Å². The van der Waals surface area contributed by atoms with Crippen LogP contribution in [0.25, 0.3) is 0 Å². The van der Waals surface area contributed by atoms with Gasteiger partial charge < -0.3 is 10.4 Å². The van der Waals surface area contributed by atoms with Crippen molar-refractivity contribution in [2.24, 2.45) is 11.3 Å². The van der Waals surface area contributed by atoms with Gasteiger partial charge >= 0.3 is 5.97 Å². The summed E-state index contributed by atoms with van der Waals surface area (Å²) in [4.78, 5) is 11.8. The summed E-state index contributed by atoms with van der Waals surface area (Å²) in [6.45, 7) is 6.24. The van der Waals surface area contributed by atoms with E-state index in [1.807, 2.05) is 6.92 Å². The number of para-hydroxylation sites is 1. The molecule has 0 bridgehead atoms. The van der Waals surface area contributed by atoms with E-state index in [9.17, 15) is 14.3 Å². The summed E-state index contributed by atoms with van der Waals surface area (Å²) in [5.41, 5.74) is -0.686. The van der Waals surface area contributed by atoms with E-state index in [-0.39, 0.29) is 17.0 Å². The topological polar surface area (TPSA) is 49.3 Å². The van der Waals surface area contributed by atoms with Crippen molar-refractivity contribution in [3.63, 3.8) is 0 Å². The van der Waals surface area contributed by atoms with Crippen LogP contribution in [0.2, 0.25) is 0 Å². The summed E-state index contributed by atoms with van der Waals surface area (Å²) < 4.78 is 13.8. The minimum atomic E-state index is -1.09. The molecule has 0 spiro atoms. The first-order valence-corrected chi connectivity index (χ1v) is 7.03. The number of carbonyl (C=O) groups is 1. The van der Waals surface area contributed by atoms with Crippen molar-refractivity contribution < 1.29 is 14.3 Å². The monoisotopic (exact) mass is 279 g/mol.